The highest BCUT2D eigenvalue weighted by Crippen LogP contribution is 1.96. The summed E-state index contributed by atoms with van der Waals surface area (Å²) in [5.41, 5.74) is 0. The number of rotatable bonds is 0. The quantitative estimate of drug-likeness (QED) is 0.310. The van der Waals surface area contributed by atoms with Crippen molar-refractivity contribution in [3.63, 3.8) is 0 Å². The minimum absolute atomic E-state index is 0.0278. The molecule has 0 spiro atoms. The van der Waals surface area contributed by atoms with Crippen molar-refractivity contribution in [2.75, 3.05) is 0 Å². The topological polar surface area (TPSA) is 34.1 Å². The van der Waals surface area contributed by atoms with Gasteiger partial charge in [0.2, 0.25) is 6.08 Å². The number of ketones is 2. The van der Waals surface area contributed by atoms with E-state index in [-0.39, 0.29) is 18.0 Å². The lowest BCUT2D eigenvalue weighted by atomic mass is 10.3. The zero-order valence-corrected chi connectivity index (χ0v) is 3.60. The molecule has 0 unspecified atom stereocenters. The van der Waals surface area contributed by atoms with Crippen molar-refractivity contribution in [1.29, 1.82) is 0 Å². The summed E-state index contributed by atoms with van der Waals surface area (Å²) in [6.45, 7) is 0. The predicted octanol–water partition coefficient (Wildman–Crippen LogP) is -0.112. The minimum atomic E-state index is -0.204. The van der Waals surface area contributed by atoms with Crippen molar-refractivity contribution in [2.24, 2.45) is 0 Å². The van der Waals surface area contributed by atoms with Gasteiger partial charge >= 0.3 is 11.6 Å². The van der Waals surface area contributed by atoms with E-state index in [2.05, 4.69) is 6.08 Å². The molecule has 0 saturated heterocycles. The Morgan fingerprint density at radius 2 is 2.29 bits per heavy atom. The molecule has 0 amide bonds. The van der Waals surface area contributed by atoms with Crippen LogP contribution in [0.3, 0.4) is 0 Å². The van der Waals surface area contributed by atoms with Crippen LogP contribution in [0.2, 0.25) is 0 Å². The first kappa shape index (κ1) is 4.16. The van der Waals surface area contributed by atoms with Crippen molar-refractivity contribution in [2.45, 2.75) is 6.42 Å². The van der Waals surface area contributed by atoms with E-state index in [4.69, 9.17) is 0 Å². The summed E-state index contributed by atoms with van der Waals surface area (Å²) in [6, 6.07) is 0. The Bertz CT molecular complexity index is 128. The first-order chi connectivity index (χ1) is 3.29. The third kappa shape index (κ3) is 0.699. The summed E-state index contributed by atoms with van der Waals surface area (Å²) in [6.07, 6.45) is 3.47. The highest BCUT2D eigenvalue weighted by Gasteiger charge is 2.24. The van der Waals surface area contributed by atoms with Crippen LogP contribution in [0.5, 0.6) is 0 Å². The minimum Gasteiger partial charge on any atom is -0.257 e. The van der Waals surface area contributed by atoms with Crippen molar-refractivity contribution in [3.05, 3.63) is 12.2 Å². The molecular formula is C5H3O2+. The molecule has 0 fully saturated rings. The molecule has 2 nitrogen and oxygen atoms in total. The fraction of sp³-hybridized carbons (Fsp3) is 0.200. The molecule has 1 aliphatic rings. The fourth-order valence-corrected chi connectivity index (χ4v) is 0.421. The predicted molar refractivity (Wildman–Crippen MR) is 22.4 cm³/mol. The lowest BCUT2D eigenvalue weighted by molar-refractivity contribution is -0.120. The maximum Gasteiger partial charge on any atom is 0.323 e. The number of hydrogen-bond donors (Lipinski definition) is 0. The normalized spacial score (nSPS) is 17.7. The molecule has 2 heteroatoms. The molecule has 7 heavy (non-hydrogen) atoms. The van der Waals surface area contributed by atoms with Crippen LogP contribution in [0.15, 0.2) is 6.08 Å². The molecule has 0 aromatic rings. The van der Waals surface area contributed by atoms with Crippen molar-refractivity contribution in [3.8, 4) is 0 Å². The van der Waals surface area contributed by atoms with Gasteiger partial charge in [-0.3, -0.25) is 4.79 Å². The molecule has 1 aliphatic carbocycles. The van der Waals surface area contributed by atoms with Gasteiger partial charge in [-0.25, -0.2) is 0 Å². The maximum atomic E-state index is 10.1. The second-order valence-electron chi connectivity index (χ2n) is 1.35. The molecule has 0 heterocycles. The molecule has 0 atom stereocenters. The zero-order valence-electron chi connectivity index (χ0n) is 3.60. The first-order valence-corrected chi connectivity index (χ1v) is 1.94. The number of Topliss-reactive ketones (excluding diaryl/α,β-unsaturated/α-hetero) is 1. The van der Waals surface area contributed by atoms with Crippen LogP contribution >= 0.6 is 0 Å². The highest BCUT2D eigenvalue weighted by atomic mass is 16.1. The van der Waals surface area contributed by atoms with Crippen molar-refractivity contribution in [1.82, 2.24) is 0 Å². The Hall–Kier alpha value is -1.01. The lowest BCUT2D eigenvalue weighted by Gasteiger charge is -1.59. The molecule has 0 bridgehead atoms. The van der Waals surface area contributed by atoms with Gasteiger partial charge in [0.15, 0.2) is 12.5 Å². The number of carbonyl (C=O) groups excluding carboxylic acids is 2. The van der Waals surface area contributed by atoms with Gasteiger partial charge < -0.3 is 0 Å². The molecule has 0 N–H and O–H groups in total. The van der Waals surface area contributed by atoms with Gasteiger partial charge in [0.25, 0.3) is 0 Å². The first-order valence-electron chi connectivity index (χ1n) is 1.94. The van der Waals surface area contributed by atoms with Crippen LogP contribution in [0, 0.1) is 6.08 Å². The van der Waals surface area contributed by atoms with Crippen LogP contribution in [-0.4, -0.2) is 11.6 Å². The SMILES string of the molecule is O=C1[C+]=CC(=O)C1. The van der Waals surface area contributed by atoms with Crippen LogP contribution in [0.25, 0.3) is 0 Å². The Morgan fingerprint density at radius 1 is 1.57 bits per heavy atom. The molecule has 0 saturated carbocycles. The van der Waals surface area contributed by atoms with Crippen molar-refractivity contribution < 1.29 is 9.59 Å². The van der Waals surface area contributed by atoms with E-state index in [0.717, 1.165) is 0 Å². The van der Waals surface area contributed by atoms with E-state index < -0.39 is 0 Å². The van der Waals surface area contributed by atoms with Crippen LogP contribution in [-0.2, 0) is 9.59 Å². The Balaban J connectivity index is 2.76. The third-order valence-electron chi connectivity index (χ3n) is 0.729. The fourth-order valence-electron chi connectivity index (χ4n) is 0.421. The lowest BCUT2D eigenvalue weighted by Crippen LogP contribution is -1.90. The van der Waals surface area contributed by atoms with Crippen molar-refractivity contribution >= 4 is 11.6 Å². The van der Waals surface area contributed by atoms with Gasteiger partial charge in [0, 0.05) is 0 Å². The summed E-state index contributed by atoms with van der Waals surface area (Å²) in [5.74, 6) is -0.338. The maximum absolute atomic E-state index is 10.1. The Labute approximate surface area is 40.8 Å². The molecule has 0 aliphatic heterocycles. The van der Waals surface area contributed by atoms with Crippen LogP contribution < -0.4 is 0 Å². The molecule has 0 aromatic heterocycles. The standard InChI is InChI=1S/C5H3O2/c6-4-1-2-5(7)3-4/h1H,3H2/q+1. The Morgan fingerprint density at radius 3 is 2.43 bits per heavy atom. The number of carbonyl (C=O) groups is 2. The van der Waals surface area contributed by atoms with E-state index in [9.17, 15) is 9.59 Å². The molecule has 34 valence electrons. The van der Waals surface area contributed by atoms with Gasteiger partial charge in [0.05, 0.1) is 0 Å². The summed E-state index contributed by atoms with van der Waals surface area (Å²) in [5, 5.41) is 0. The average molecular weight is 95.1 g/mol. The molecule has 0 aromatic carbocycles. The average Bonchev–Trinajstić information content (AvgIpc) is 1.87. The largest absolute Gasteiger partial charge is 0.323 e. The third-order valence-corrected chi connectivity index (χ3v) is 0.729. The summed E-state index contributed by atoms with van der Waals surface area (Å²) in [4.78, 5) is 20.2. The summed E-state index contributed by atoms with van der Waals surface area (Å²) < 4.78 is 0. The Kier molecular flexibility index (Phi) is 0.739. The van der Waals surface area contributed by atoms with E-state index >= 15 is 0 Å². The van der Waals surface area contributed by atoms with Crippen LogP contribution in [0.1, 0.15) is 6.42 Å². The number of hydrogen-bond acceptors (Lipinski definition) is 2. The smallest absolute Gasteiger partial charge is 0.257 e. The van der Waals surface area contributed by atoms with Crippen LogP contribution in [0.4, 0.5) is 0 Å². The molecular weight excluding hydrogens is 92.1 g/mol. The summed E-state index contributed by atoms with van der Waals surface area (Å²) >= 11 is 0. The van der Waals surface area contributed by atoms with E-state index in [1.54, 1.807) is 0 Å². The number of allylic oxidation sites excluding steroid dienone is 2. The highest BCUT2D eigenvalue weighted by molar-refractivity contribution is 6.13. The van der Waals surface area contributed by atoms with E-state index in [1.807, 2.05) is 0 Å². The second kappa shape index (κ2) is 1.24. The van der Waals surface area contributed by atoms with Gasteiger partial charge in [-0.05, 0) is 0 Å². The van der Waals surface area contributed by atoms with E-state index in [1.165, 1.54) is 6.08 Å². The molecule has 1 rings (SSSR count). The second-order valence-corrected chi connectivity index (χ2v) is 1.35. The molecule has 0 radical (unpaired) electrons. The zero-order chi connectivity index (χ0) is 5.28. The van der Waals surface area contributed by atoms with Gasteiger partial charge in [-0.15, -0.1) is 0 Å². The van der Waals surface area contributed by atoms with Gasteiger partial charge in [-0.1, -0.05) is 0 Å². The monoisotopic (exact) mass is 95.0 g/mol. The van der Waals surface area contributed by atoms with E-state index in [0.29, 0.717) is 0 Å². The summed E-state index contributed by atoms with van der Waals surface area (Å²) in [7, 11) is 0. The van der Waals surface area contributed by atoms with Gasteiger partial charge in [0.1, 0.15) is 0 Å². The van der Waals surface area contributed by atoms with Gasteiger partial charge in [-0.2, -0.15) is 4.79 Å².